The number of ketones is 1. The van der Waals surface area contributed by atoms with Crippen LogP contribution in [-0.4, -0.2) is 16.6 Å². The number of rotatable bonds is 5. The maximum atomic E-state index is 13.0. The molecule has 0 saturated heterocycles. The summed E-state index contributed by atoms with van der Waals surface area (Å²) in [7, 11) is 0. The molecular formula is C20H14ClNO2. The molecule has 0 atom stereocenters. The summed E-state index contributed by atoms with van der Waals surface area (Å²) in [4.78, 5) is 24.3. The molecule has 1 aromatic heterocycles. The van der Waals surface area contributed by atoms with E-state index in [1.54, 1.807) is 53.2 Å². The van der Waals surface area contributed by atoms with Crippen LogP contribution in [0.1, 0.15) is 26.4 Å². The highest BCUT2D eigenvalue weighted by atomic mass is 35.5. The van der Waals surface area contributed by atoms with Crippen LogP contribution < -0.4 is 0 Å². The van der Waals surface area contributed by atoms with Crippen LogP contribution in [-0.2, 0) is 0 Å². The van der Waals surface area contributed by atoms with E-state index in [0.29, 0.717) is 22.0 Å². The number of aromatic nitrogens is 1. The zero-order valence-electron chi connectivity index (χ0n) is 12.7. The lowest BCUT2D eigenvalue weighted by molar-refractivity contribution is 0.105. The highest BCUT2D eigenvalue weighted by molar-refractivity contribution is 6.31. The van der Waals surface area contributed by atoms with Crippen LogP contribution >= 0.6 is 11.6 Å². The Kier molecular flexibility index (Phi) is 4.73. The van der Waals surface area contributed by atoms with Crippen molar-refractivity contribution in [2.24, 2.45) is 0 Å². The largest absolute Gasteiger partial charge is 0.311 e. The van der Waals surface area contributed by atoms with Crippen molar-refractivity contribution >= 4 is 35.4 Å². The Balaban J connectivity index is 2.12. The van der Waals surface area contributed by atoms with Crippen molar-refractivity contribution in [1.29, 1.82) is 0 Å². The van der Waals surface area contributed by atoms with Gasteiger partial charge in [-0.2, -0.15) is 0 Å². The van der Waals surface area contributed by atoms with Crippen LogP contribution in [0.2, 0.25) is 5.02 Å². The average molecular weight is 336 g/mol. The van der Waals surface area contributed by atoms with Crippen molar-refractivity contribution in [1.82, 2.24) is 4.57 Å². The summed E-state index contributed by atoms with van der Waals surface area (Å²) in [5, 5.41) is 0.565. The van der Waals surface area contributed by atoms with E-state index < -0.39 is 0 Å². The van der Waals surface area contributed by atoms with E-state index in [4.69, 9.17) is 11.6 Å². The fourth-order valence-corrected chi connectivity index (χ4v) is 2.54. The molecule has 4 heteroatoms. The van der Waals surface area contributed by atoms with Gasteiger partial charge in [0.2, 0.25) is 5.78 Å². The van der Waals surface area contributed by atoms with Gasteiger partial charge in [0.05, 0.1) is 11.4 Å². The van der Waals surface area contributed by atoms with Crippen LogP contribution in [0, 0.1) is 0 Å². The Morgan fingerprint density at radius 3 is 2.29 bits per heavy atom. The van der Waals surface area contributed by atoms with Gasteiger partial charge >= 0.3 is 0 Å². The summed E-state index contributed by atoms with van der Waals surface area (Å²) < 4.78 is 1.59. The lowest BCUT2D eigenvalue weighted by Crippen LogP contribution is -2.11. The van der Waals surface area contributed by atoms with Crippen molar-refractivity contribution in [3.63, 3.8) is 0 Å². The van der Waals surface area contributed by atoms with Gasteiger partial charge < -0.3 is 4.57 Å². The fraction of sp³-hybridized carbons (Fsp3) is 0. The van der Waals surface area contributed by atoms with E-state index in [1.165, 1.54) is 0 Å². The summed E-state index contributed by atoms with van der Waals surface area (Å²) in [6, 6.07) is 19.6. The number of aldehydes is 1. The Hall–Kier alpha value is -2.91. The van der Waals surface area contributed by atoms with Gasteiger partial charge in [0.25, 0.3) is 0 Å². The fourth-order valence-electron chi connectivity index (χ4n) is 2.41. The van der Waals surface area contributed by atoms with E-state index in [2.05, 4.69) is 0 Å². The zero-order valence-corrected chi connectivity index (χ0v) is 13.5. The summed E-state index contributed by atoms with van der Waals surface area (Å²) >= 11 is 5.90. The van der Waals surface area contributed by atoms with Crippen LogP contribution in [0.4, 0.5) is 0 Å². The molecule has 0 aliphatic carbocycles. The monoisotopic (exact) mass is 335 g/mol. The normalized spacial score (nSPS) is 11.3. The van der Waals surface area contributed by atoms with Gasteiger partial charge in [-0.1, -0.05) is 41.9 Å². The Bertz CT molecular complexity index is 893. The number of allylic oxidation sites excluding steroid dienone is 1. The van der Waals surface area contributed by atoms with Gasteiger partial charge in [-0.15, -0.1) is 0 Å². The SMILES string of the molecule is O=Cc1cccn1/C(=C\c1ccccc1)C(=O)c1ccc(Cl)cc1. The van der Waals surface area contributed by atoms with E-state index in [0.717, 1.165) is 11.8 Å². The number of halogens is 1. The minimum Gasteiger partial charge on any atom is -0.311 e. The molecule has 0 amide bonds. The van der Waals surface area contributed by atoms with Gasteiger partial charge in [-0.05, 0) is 48.0 Å². The first-order valence-corrected chi connectivity index (χ1v) is 7.77. The second-order valence-corrected chi connectivity index (χ2v) is 5.63. The number of carbonyl (C=O) groups is 2. The molecule has 1 heterocycles. The first-order valence-electron chi connectivity index (χ1n) is 7.39. The number of nitrogens with zero attached hydrogens (tertiary/aromatic N) is 1. The molecule has 0 fully saturated rings. The topological polar surface area (TPSA) is 39.1 Å². The number of benzene rings is 2. The smallest absolute Gasteiger partial charge is 0.209 e. The summed E-state index contributed by atoms with van der Waals surface area (Å²) in [5.41, 5.74) is 2.20. The van der Waals surface area contributed by atoms with Gasteiger partial charge in [0, 0.05) is 16.8 Å². The van der Waals surface area contributed by atoms with Gasteiger partial charge in [-0.3, -0.25) is 9.59 Å². The maximum absolute atomic E-state index is 13.0. The van der Waals surface area contributed by atoms with E-state index in [9.17, 15) is 9.59 Å². The van der Waals surface area contributed by atoms with Crippen molar-refractivity contribution in [3.05, 3.63) is 94.8 Å². The number of hydrogen-bond acceptors (Lipinski definition) is 2. The van der Waals surface area contributed by atoms with Crippen LogP contribution in [0.3, 0.4) is 0 Å². The molecular weight excluding hydrogens is 322 g/mol. The second kappa shape index (κ2) is 7.11. The molecule has 0 aliphatic rings. The average Bonchev–Trinajstić information content (AvgIpc) is 3.09. The predicted molar refractivity (Wildman–Crippen MR) is 96.2 cm³/mol. The molecule has 0 unspecified atom stereocenters. The molecule has 0 radical (unpaired) electrons. The van der Waals surface area contributed by atoms with Crippen molar-refractivity contribution in [2.75, 3.05) is 0 Å². The summed E-state index contributed by atoms with van der Waals surface area (Å²) in [5.74, 6) is -0.185. The maximum Gasteiger partial charge on any atom is 0.209 e. The first kappa shape index (κ1) is 16.0. The Morgan fingerprint density at radius 2 is 1.62 bits per heavy atom. The lowest BCUT2D eigenvalue weighted by atomic mass is 10.1. The van der Waals surface area contributed by atoms with Crippen molar-refractivity contribution in [2.45, 2.75) is 0 Å². The minimum absolute atomic E-state index is 0.185. The second-order valence-electron chi connectivity index (χ2n) is 5.20. The number of Topliss-reactive ketones (excluding diaryl/α,β-unsaturated/α-hetero) is 1. The molecule has 3 rings (SSSR count). The molecule has 0 aliphatic heterocycles. The van der Waals surface area contributed by atoms with Crippen LogP contribution in [0.15, 0.2) is 72.9 Å². The minimum atomic E-state index is -0.185. The molecule has 2 aromatic carbocycles. The van der Waals surface area contributed by atoms with Gasteiger partial charge in [0.1, 0.15) is 0 Å². The molecule has 3 nitrogen and oxygen atoms in total. The van der Waals surface area contributed by atoms with Crippen LogP contribution in [0.5, 0.6) is 0 Å². The first-order chi connectivity index (χ1) is 11.7. The molecule has 3 aromatic rings. The third-order valence-corrected chi connectivity index (χ3v) is 3.85. The third kappa shape index (κ3) is 3.36. The molecule has 118 valence electrons. The van der Waals surface area contributed by atoms with Gasteiger partial charge in [-0.25, -0.2) is 0 Å². The summed E-state index contributed by atoms with van der Waals surface area (Å²) in [6.45, 7) is 0. The molecule has 24 heavy (non-hydrogen) atoms. The molecule has 0 saturated carbocycles. The van der Waals surface area contributed by atoms with E-state index >= 15 is 0 Å². The van der Waals surface area contributed by atoms with Crippen molar-refractivity contribution in [3.8, 4) is 0 Å². The zero-order chi connectivity index (χ0) is 16.9. The quantitative estimate of drug-likeness (QED) is 0.380. The lowest BCUT2D eigenvalue weighted by Gasteiger charge is -2.11. The number of hydrogen-bond donors (Lipinski definition) is 0. The number of carbonyl (C=O) groups excluding carboxylic acids is 2. The third-order valence-electron chi connectivity index (χ3n) is 3.60. The predicted octanol–water partition coefficient (Wildman–Crippen LogP) is 4.84. The van der Waals surface area contributed by atoms with E-state index in [1.807, 2.05) is 30.3 Å². The highest BCUT2D eigenvalue weighted by Crippen LogP contribution is 2.21. The van der Waals surface area contributed by atoms with Crippen molar-refractivity contribution < 1.29 is 9.59 Å². The van der Waals surface area contributed by atoms with Gasteiger partial charge in [0.15, 0.2) is 6.29 Å². The molecule has 0 N–H and O–H groups in total. The van der Waals surface area contributed by atoms with Crippen LogP contribution in [0.25, 0.3) is 11.8 Å². The standard InChI is InChI=1S/C20H14ClNO2/c21-17-10-8-16(9-11-17)20(24)19(13-15-5-2-1-3-6-15)22-12-4-7-18(22)14-23/h1-14H/b19-13-. The highest BCUT2D eigenvalue weighted by Gasteiger charge is 2.16. The molecule has 0 spiro atoms. The van der Waals surface area contributed by atoms with E-state index in [-0.39, 0.29) is 5.78 Å². The Labute approximate surface area is 144 Å². The Morgan fingerprint density at radius 1 is 0.917 bits per heavy atom. The molecule has 0 bridgehead atoms. The summed E-state index contributed by atoms with van der Waals surface area (Å²) in [6.07, 6.45) is 4.20.